The van der Waals surface area contributed by atoms with Gasteiger partial charge in [-0.05, 0) is 24.3 Å². The van der Waals surface area contributed by atoms with Crippen molar-refractivity contribution in [2.24, 2.45) is 0 Å². The summed E-state index contributed by atoms with van der Waals surface area (Å²) in [5.41, 5.74) is 1.77. The number of hydrogen-bond acceptors (Lipinski definition) is 5. The molecular weight excluding hydrogens is 336 g/mol. The van der Waals surface area contributed by atoms with Gasteiger partial charge in [-0.25, -0.2) is 0 Å². The molecule has 0 atom stereocenters. The van der Waals surface area contributed by atoms with E-state index in [-0.39, 0.29) is 5.69 Å². The van der Waals surface area contributed by atoms with Crippen molar-refractivity contribution in [3.8, 4) is 11.3 Å². The normalized spacial score (nSPS) is 10.7. The molecule has 0 bridgehead atoms. The van der Waals surface area contributed by atoms with Crippen LogP contribution in [-0.4, -0.2) is 10.1 Å². The maximum Gasteiger partial charge on any atom is 0.269 e. The maximum absolute atomic E-state index is 10.6. The van der Waals surface area contributed by atoms with Crippen molar-refractivity contribution in [1.82, 2.24) is 5.16 Å². The molecule has 0 N–H and O–H groups in total. The zero-order valence-electron chi connectivity index (χ0n) is 11.8. The predicted octanol–water partition coefficient (Wildman–Crippen LogP) is 5.20. The van der Waals surface area contributed by atoms with E-state index in [1.807, 2.05) is 18.2 Å². The van der Waals surface area contributed by atoms with Gasteiger partial charge in [0.15, 0.2) is 0 Å². The van der Waals surface area contributed by atoms with Gasteiger partial charge in [-0.1, -0.05) is 28.9 Å². The lowest BCUT2D eigenvalue weighted by Gasteiger charge is -1.98. The van der Waals surface area contributed by atoms with Gasteiger partial charge < -0.3 is 4.52 Å². The minimum atomic E-state index is -0.413. The monoisotopic (exact) mass is 346 g/mol. The molecule has 0 aliphatic carbocycles. The molecule has 23 heavy (non-hydrogen) atoms. The van der Waals surface area contributed by atoms with Crippen LogP contribution in [0, 0.1) is 10.1 Å². The molecule has 116 valence electrons. The highest BCUT2D eigenvalue weighted by Gasteiger charge is 2.08. The second kappa shape index (κ2) is 6.85. The third kappa shape index (κ3) is 3.91. The van der Waals surface area contributed by atoms with Gasteiger partial charge in [0.2, 0.25) is 0 Å². The third-order valence-electron chi connectivity index (χ3n) is 3.13. The summed E-state index contributed by atoms with van der Waals surface area (Å²) in [4.78, 5) is 11.1. The van der Waals surface area contributed by atoms with Crippen LogP contribution in [0.3, 0.4) is 0 Å². The van der Waals surface area contributed by atoms with E-state index in [4.69, 9.17) is 16.1 Å². The first kappa shape index (κ1) is 15.6. The smallest absolute Gasteiger partial charge is 0.269 e. The SMILES string of the molecule is O=[N+]([O-])c1ccc(SCc2cc(-c3ccc(Cl)cc3)no2)cc1. The van der Waals surface area contributed by atoms with Crippen molar-refractivity contribution in [3.63, 3.8) is 0 Å². The summed E-state index contributed by atoms with van der Waals surface area (Å²) >= 11 is 7.39. The number of hydrogen-bond donors (Lipinski definition) is 0. The van der Waals surface area contributed by atoms with Crippen LogP contribution in [0.1, 0.15) is 5.76 Å². The summed E-state index contributed by atoms with van der Waals surface area (Å²) < 4.78 is 5.32. The molecule has 0 radical (unpaired) electrons. The number of nitro benzene ring substituents is 1. The molecule has 0 saturated carbocycles. The molecule has 3 rings (SSSR count). The van der Waals surface area contributed by atoms with Crippen LogP contribution in [0.5, 0.6) is 0 Å². The molecule has 0 aliphatic rings. The lowest BCUT2D eigenvalue weighted by atomic mass is 10.1. The van der Waals surface area contributed by atoms with E-state index >= 15 is 0 Å². The zero-order valence-corrected chi connectivity index (χ0v) is 13.4. The predicted molar refractivity (Wildman–Crippen MR) is 89.6 cm³/mol. The van der Waals surface area contributed by atoms with E-state index in [9.17, 15) is 10.1 Å². The van der Waals surface area contributed by atoms with Crippen molar-refractivity contribution in [3.05, 3.63) is 75.5 Å². The summed E-state index contributed by atoms with van der Waals surface area (Å²) in [6.45, 7) is 0. The molecule has 3 aromatic rings. The highest BCUT2D eigenvalue weighted by atomic mass is 35.5. The highest BCUT2D eigenvalue weighted by Crippen LogP contribution is 2.27. The average Bonchev–Trinajstić information content (AvgIpc) is 3.03. The Bertz CT molecular complexity index is 816. The van der Waals surface area contributed by atoms with E-state index < -0.39 is 4.92 Å². The first-order chi connectivity index (χ1) is 11.1. The van der Waals surface area contributed by atoms with Gasteiger partial charge >= 0.3 is 0 Å². The van der Waals surface area contributed by atoms with E-state index in [2.05, 4.69) is 5.16 Å². The van der Waals surface area contributed by atoms with E-state index in [0.29, 0.717) is 10.8 Å². The van der Waals surface area contributed by atoms with E-state index in [0.717, 1.165) is 21.9 Å². The van der Waals surface area contributed by atoms with Crippen molar-refractivity contribution >= 4 is 29.1 Å². The Labute approximate surface area is 141 Å². The van der Waals surface area contributed by atoms with Gasteiger partial charge in [-0.3, -0.25) is 10.1 Å². The molecule has 2 aromatic carbocycles. The Kier molecular flexibility index (Phi) is 4.64. The number of thioether (sulfide) groups is 1. The lowest BCUT2D eigenvalue weighted by molar-refractivity contribution is -0.384. The Morgan fingerprint density at radius 2 is 1.83 bits per heavy atom. The van der Waals surface area contributed by atoms with Gasteiger partial charge in [-0.15, -0.1) is 11.8 Å². The minimum absolute atomic E-state index is 0.0824. The number of aromatic nitrogens is 1. The number of non-ortho nitro benzene ring substituents is 1. The highest BCUT2D eigenvalue weighted by molar-refractivity contribution is 7.98. The van der Waals surface area contributed by atoms with Gasteiger partial charge in [-0.2, -0.15) is 0 Å². The summed E-state index contributed by atoms with van der Waals surface area (Å²) in [5.74, 6) is 1.33. The van der Waals surface area contributed by atoms with Crippen molar-refractivity contribution < 1.29 is 9.45 Å². The van der Waals surface area contributed by atoms with Crippen LogP contribution in [0.4, 0.5) is 5.69 Å². The van der Waals surface area contributed by atoms with Crippen LogP contribution < -0.4 is 0 Å². The van der Waals surface area contributed by atoms with Crippen LogP contribution in [-0.2, 0) is 5.75 Å². The second-order valence-corrected chi connectivity index (χ2v) is 6.21. The number of rotatable bonds is 5. The summed E-state index contributed by atoms with van der Waals surface area (Å²) in [5, 5.41) is 15.3. The molecule has 1 heterocycles. The fourth-order valence-electron chi connectivity index (χ4n) is 1.96. The fourth-order valence-corrected chi connectivity index (χ4v) is 2.86. The van der Waals surface area contributed by atoms with Crippen LogP contribution in [0.25, 0.3) is 11.3 Å². The Hall–Kier alpha value is -2.31. The van der Waals surface area contributed by atoms with Gasteiger partial charge in [0, 0.05) is 33.7 Å². The number of halogens is 1. The topological polar surface area (TPSA) is 69.2 Å². The largest absolute Gasteiger partial charge is 0.360 e. The minimum Gasteiger partial charge on any atom is -0.360 e. The van der Waals surface area contributed by atoms with Gasteiger partial charge in [0.05, 0.1) is 10.7 Å². The quantitative estimate of drug-likeness (QED) is 0.361. The van der Waals surface area contributed by atoms with Crippen molar-refractivity contribution in [2.75, 3.05) is 0 Å². The molecule has 0 spiro atoms. The van der Waals surface area contributed by atoms with Gasteiger partial charge in [0.25, 0.3) is 5.69 Å². The Balaban J connectivity index is 1.65. The molecule has 0 fully saturated rings. The molecule has 0 saturated heterocycles. The summed E-state index contributed by atoms with van der Waals surface area (Å²) in [6, 6.07) is 15.7. The average molecular weight is 347 g/mol. The van der Waals surface area contributed by atoms with Crippen molar-refractivity contribution in [1.29, 1.82) is 0 Å². The Morgan fingerprint density at radius 1 is 1.13 bits per heavy atom. The van der Waals surface area contributed by atoms with E-state index in [1.165, 1.54) is 23.9 Å². The molecule has 1 aromatic heterocycles. The number of nitrogens with zero attached hydrogens (tertiary/aromatic N) is 2. The van der Waals surface area contributed by atoms with Crippen molar-refractivity contribution in [2.45, 2.75) is 10.6 Å². The molecule has 0 amide bonds. The molecular formula is C16H11ClN2O3S. The number of nitro groups is 1. The van der Waals surface area contributed by atoms with Crippen LogP contribution >= 0.6 is 23.4 Å². The van der Waals surface area contributed by atoms with E-state index in [1.54, 1.807) is 24.3 Å². The molecule has 0 aliphatic heterocycles. The summed E-state index contributed by atoms with van der Waals surface area (Å²) in [6.07, 6.45) is 0. The maximum atomic E-state index is 10.6. The van der Waals surface area contributed by atoms with Crippen LogP contribution in [0.15, 0.2) is 64.0 Å². The Morgan fingerprint density at radius 3 is 2.48 bits per heavy atom. The zero-order chi connectivity index (χ0) is 16.2. The number of benzene rings is 2. The lowest BCUT2D eigenvalue weighted by Crippen LogP contribution is -1.86. The standard InChI is InChI=1S/C16H11ClN2O3S/c17-12-3-1-11(2-4-12)16-9-14(22-18-16)10-23-15-7-5-13(6-8-15)19(20)21/h1-9H,10H2. The van der Waals surface area contributed by atoms with Crippen LogP contribution in [0.2, 0.25) is 5.02 Å². The second-order valence-electron chi connectivity index (χ2n) is 4.73. The third-order valence-corrected chi connectivity index (χ3v) is 4.41. The first-order valence-electron chi connectivity index (χ1n) is 6.70. The fraction of sp³-hybridized carbons (Fsp3) is 0.0625. The molecule has 5 nitrogen and oxygen atoms in total. The molecule has 0 unspecified atom stereocenters. The molecule has 7 heteroatoms. The first-order valence-corrected chi connectivity index (χ1v) is 8.07. The summed E-state index contributed by atoms with van der Waals surface area (Å²) in [7, 11) is 0. The van der Waals surface area contributed by atoms with Gasteiger partial charge in [0.1, 0.15) is 11.5 Å².